The van der Waals surface area contributed by atoms with E-state index in [4.69, 9.17) is 5.26 Å². The molecule has 6 nitrogen and oxygen atoms in total. The van der Waals surface area contributed by atoms with E-state index >= 15 is 0 Å². The zero-order chi connectivity index (χ0) is 19.3. The highest BCUT2D eigenvalue weighted by atomic mass is 19.4. The number of nitriles is 1. The molecule has 1 atom stereocenters. The highest BCUT2D eigenvalue weighted by Crippen LogP contribution is 2.19. The number of carbonyl (C=O) groups excluding carboxylic acids is 1. The highest BCUT2D eigenvalue weighted by molar-refractivity contribution is 5.95. The van der Waals surface area contributed by atoms with Crippen molar-refractivity contribution < 1.29 is 18.0 Å². The Balaban J connectivity index is 2.04. The number of benzene rings is 1. The lowest BCUT2D eigenvalue weighted by Gasteiger charge is -2.24. The molecule has 1 heterocycles. The van der Waals surface area contributed by atoms with Crippen molar-refractivity contribution in [2.75, 3.05) is 12.4 Å². The minimum atomic E-state index is -4.35. The maximum atomic E-state index is 12.6. The Bertz CT molecular complexity index is 809. The van der Waals surface area contributed by atoms with Gasteiger partial charge in [-0.1, -0.05) is 12.1 Å². The summed E-state index contributed by atoms with van der Waals surface area (Å²) in [7, 11) is 1.62. The van der Waals surface area contributed by atoms with Crippen LogP contribution < -0.4 is 5.32 Å². The van der Waals surface area contributed by atoms with Gasteiger partial charge in [-0.15, -0.1) is 0 Å². The highest BCUT2D eigenvalue weighted by Gasteiger charge is 2.29. The number of carbonyl (C=O) groups is 1. The number of likely N-dealkylation sites (N-methyl/N-ethyl adjacent to an activating group) is 1. The van der Waals surface area contributed by atoms with Crippen molar-refractivity contribution in [3.63, 3.8) is 0 Å². The summed E-state index contributed by atoms with van der Waals surface area (Å²) < 4.78 is 38.8. The Morgan fingerprint density at radius 3 is 2.77 bits per heavy atom. The van der Waals surface area contributed by atoms with E-state index in [1.165, 1.54) is 12.4 Å². The van der Waals surface area contributed by atoms with Crippen molar-refractivity contribution >= 4 is 11.6 Å². The SMILES string of the molecule is CC(C(=O)Nc1ccccc1C#N)N(C)Cc1nccn1CC(F)(F)F. The van der Waals surface area contributed by atoms with Crippen LogP contribution in [0.1, 0.15) is 18.3 Å². The van der Waals surface area contributed by atoms with Crippen LogP contribution in [0.3, 0.4) is 0 Å². The Hall–Kier alpha value is -2.86. The second kappa shape index (κ2) is 8.01. The molecule has 26 heavy (non-hydrogen) atoms. The molecule has 1 aromatic heterocycles. The number of nitrogens with one attached hydrogen (secondary N) is 1. The molecule has 0 spiro atoms. The normalized spacial score (nSPS) is 12.7. The van der Waals surface area contributed by atoms with E-state index in [-0.39, 0.29) is 18.3 Å². The van der Waals surface area contributed by atoms with Crippen LogP contribution in [-0.4, -0.2) is 39.6 Å². The molecule has 9 heteroatoms. The Morgan fingerprint density at radius 2 is 2.12 bits per heavy atom. The van der Waals surface area contributed by atoms with Crippen LogP contribution in [0.25, 0.3) is 0 Å². The van der Waals surface area contributed by atoms with Gasteiger partial charge in [0.1, 0.15) is 18.4 Å². The molecule has 2 rings (SSSR count). The number of halogens is 3. The van der Waals surface area contributed by atoms with Gasteiger partial charge in [0, 0.05) is 12.4 Å². The van der Waals surface area contributed by atoms with Gasteiger partial charge in [0.15, 0.2) is 0 Å². The molecule has 0 saturated heterocycles. The van der Waals surface area contributed by atoms with Crippen molar-refractivity contribution in [2.45, 2.75) is 32.2 Å². The van der Waals surface area contributed by atoms with Gasteiger partial charge in [0.25, 0.3) is 0 Å². The van der Waals surface area contributed by atoms with Gasteiger partial charge in [0.05, 0.1) is 23.8 Å². The lowest BCUT2D eigenvalue weighted by molar-refractivity contribution is -0.141. The first-order chi connectivity index (χ1) is 12.2. The molecule has 0 bridgehead atoms. The fourth-order valence-electron chi connectivity index (χ4n) is 2.32. The minimum absolute atomic E-state index is 0.0670. The number of rotatable bonds is 6. The summed E-state index contributed by atoms with van der Waals surface area (Å²) in [6.45, 7) is 0.561. The van der Waals surface area contributed by atoms with Crippen LogP contribution in [0.15, 0.2) is 36.7 Å². The maximum absolute atomic E-state index is 12.6. The summed E-state index contributed by atoms with van der Waals surface area (Å²) >= 11 is 0. The third kappa shape index (κ3) is 5.07. The Labute approximate surface area is 148 Å². The summed E-state index contributed by atoms with van der Waals surface area (Å²) in [6.07, 6.45) is -1.80. The van der Waals surface area contributed by atoms with Gasteiger partial charge in [-0.3, -0.25) is 9.69 Å². The lowest BCUT2D eigenvalue weighted by Crippen LogP contribution is -2.40. The molecule has 0 aliphatic carbocycles. The Morgan fingerprint density at radius 1 is 1.42 bits per heavy atom. The van der Waals surface area contributed by atoms with Crippen molar-refractivity contribution in [1.82, 2.24) is 14.5 Å². The zero-order valence-electron chi connectivity index (χ0n) is 14.3. The van der Waals surface area contributed by atoms with Crippen molar-refractivity contribution in [2.24, 2.45) is 0 Å². The van der Waals surface area contributed by atoms with E-state index in [2.05, 4.69) is 10.3 Å². The molecule has 0 fully saturated rings. The van der Waals surface area contributed by atoms with Crippen LogP contribution in [-0.2, 0) is 17.9 Å². The van der Waals surface area contributed by atoms with Gasteiger partial charge in [-0.05, 0) is 26.1 Å². The minimum Gasteiger partial charge on any atom is -0.325 e. The molecule has 0 radical (unpaired) electrons. The smallest absolute Gasteiger partial charge is 0.325 e. The molecule has 0 aliphatic rings. The van der Waals surface area contributed by atoms with Crippen molar-refractivity contribution in [3.8, 4) is 6.07 Å². The van der Waals surface area contributed by atoms with E-state index in [0.29, 0.717) is 11.3 Å². The first-order valence-electron chi connectivity index (χ1n) is 7.78. The van der Waals surface area contributed by atoms with Gasteiger partial charge >= 0.3 is 6.18 Å². The fraction of sp³-hybridized carbons (Fsp3) is 0.353. The number of para-hydroxylation sites is 1. The summed E-state index contributed by atoms with van der Waals surface area (Å²) in [5, 5.41) is 11.7. The molecular formula is C17H18F3N5O. The molecule has 1 N–H and O–H groups in total. The number of hydrogen-bond donors (Lipinski definition) is 1. The van der Waals surface area contributed by atoms with E-state index < -0.39 is 18.8 Å². The molecule has 2 aromatic rings. The Kier molecular flexibility index (Phi) is 6.00. The quantitative estimate of drug-likeness (QED) is 0.854. The largest absolute Gasteiger partial charge is 0.406 e. The first-order valence-corrected chi connectivity index (χ1v) is 7.78. The average molecular weight is 365 g/mol. The lowest BCUT2D eigenvalue weighted by atomic mass is 10.2. The van der Waals surface area contributed by atoms with Crippen molar-refractivity contribution in [3.05, 3.63) is 48.0 Å². The predicted octanol–water partition coefficient (Wildman–Crippen LogP) is 2.78. The molecule has 138 valence electrons. The predicted molar refractivity (Wildman–Crippen MR) is 89.0 cm³/mol. The number of amides is 1. The maximum Gasteiger partial charge on any atom is 0.406 e. The first kappa shape index (κ1) is 19.5. The number of anilines is 1. The van der Waals surface area contributed by atoms with Crippen LogP contribution >= 0.6 is 0 Å². The molecule has 1 amide bonds. The summed E-state index contributed by atoms with van der Waals surface area (Å²) in [4.78, 5) is 17.9. The van der Waals surface area contributed by atoms with E-state index in [9.17, 15) is 18.0 Å². The van der Waals surface area contributed by atoms with E-state index in [1.54, 1.807) is 43.1 Å². The number of alkyl halides is 3. The molecular weight excluding hydrogens is 347 g/mol. The average Bonchev–Trinajstić information content (AvgIpc) is 2.99. The van der Waals surface area contributed by atoms with Crippen LogP contribution in [0.5, 0.6) is 0 Å². The number of aromatic nitrogens is 2. The van der Waals surface area contributed by atoms with Crippen LogP contribution in [0, 0.1) is 11.3 Å². The third-order valence-electron chi connectivity index (χ3n) is 3.89. The fourth-order valence-corrected chi connectivity index (χ4v) is 2.32. The van der Waals surface area contributed by atoms with Crippen LogP contribution in [0.2, 0.25) is 0 Å². The standard InChI is InChI=1S/C17H18F3N5O/c1-12(16(26)23-14-6-4-3-5-13(14)9-21)24(2)10-15-22-7-8-25(15)11-17(18,19)20/h3-8,12H,10-11H2,1-2H3,(H,23,26). The summed E-state index contributed by atoms with van der Waals surface area (Å²) in [5.41, 5.74) is 0.718. The van der Waals surface area contributed by atoms with Crippen LogP contribution in [0.4, 0.5) is 18.9 Å². The topological polar surface area (TPSA) is 74.0 Å². The van der Waals surface area contributed by atoms with E-state index in [1.807, 2.05) is 6.07 Å². The third-order valence-corrected chi connectivity index (χ3v) is 3.89. The number of imidazole rings is 1. The van der Waals surface area contributed by atoms with E-state index in [0.717, 1.165) is 4.57 Å². The zero-order valence-corrected chi connectivity index (χ0v) is 14.3. The summed E-state index contributed by atoms with van der Waals surface area (Å²) in [5.74, 6) is -0.161. The summed E-state index contributed by atoms with van der Waals surface area (Å²) in [6, 6.07) is 7.92. The molecule has 0 saturated carbocycles. The van der Waals surface area contributed by atoms with Crippen molar-refractivity contribution in [1.29, 1.82) is 5.26 Å². The molecule has 0 aliphatic heterocycles. The second-order valence-corrected chi connectivity index (χ2v) is 5.82. The van der Waals surface area contributed by atoms with Gasteiger partial charge in [-0.2, -0.15) is 18.4 Å². The van der Waals surface area contributed by atoms with Gasteiger partial charge < -0.3 is 9.88 Å². The number of nitrogens with zero attached hydrogens (tertiary/aromatic N) is 4. The monoisotopic (exact) mass is 365 g/mol. The van der Waals surface area contributed by atoms with Gasteiger partial charge in [0.2, 0.25) is 5.91 Å². The second-order valence-electron chi connectivity index (χ2n) is 5.82. The number of hydrogen-bond acceptors (Lipinski definition) is 4. The molecule has 1 unspecified atom stereocenters. The molecule has 1 aromatic carbocycles. The van der Waals surface area contributed by atoms with Gasteiger partial charge in [-0.25, -0.2) is 4.98 Å².